The molecule has 0 bridgehead atoms. The highest BCUT2D eigenvalue weighted by atomic mass is 32.2. The van der Waals surface area contributed by atoms with Crippen LogP contribution in [-0.2, 0) is 0 Å². The first-order valence-electron chi connectivity index (χ1n) is 6.43. The quantitative estimate of drug-likeness (QED) is 0.417. The molecule has 0 spiro atoms. The molecule has 0 aromatic rings. The molecule has 0 unspecified atom stereocenters. The monoisotopic (exact) mass is 248 g/mol. The third-order valence-corrected chi connectivity index (χ3v) is 5.01. The van der Waals surface area contributed by atoms with E-state index in [0.29, 0.717) is 5.41 Å². The first-order chi connectivity index (χ1) is 7.24. The SMILES string of the molecule is CCCCSCC(CS)(CCC)CCC. The highest BCUT2D eigenvalue weighted by molar-refractivity contribution is 7.99. The van der Waals surface area contributed by atoms with Crippen LogP contribution < -0.4 is 0 Å². The lowest BCUT2D eigenvalue weighted by Crippen LogP contribution is -2.26. The minimum Gasteiger partial charge on any atom is -0.179 e. The lowest BCUT2D eigenvalue weighted by atomic mass is 9.83. The Hall–Kier alpha value is 0.700. The van der Waals surface area contributed by atoms with Crippen LogP contribution in [-0.4, -0.2) is 17.3 Å². The molecule has 0 aromatic heterocycles. The molecule has 92 valence electrons. The van der Waals surface area contributed by atoms with Crippen LogP contribution in [0.4, 0.5) is 0 Å². The molecule has 0 nitrogen and oxygen atoms in total. The summed E-state index contributed by atoms with van der Waals surface area (Å²) in [5, 5.41) is 0. The van der Waals surface area contributed by atoms with Crippen LogP contribution >= 0.6 is 24.4 Å². The van der Waals surface area contributed by atoms with Crippen molar-refractivity contribution in [3.05, 3.63) is 0 Å². The Morgan fingerprint density at radius 2 is 1.60 bits per heavy atom. The molecule has 0 radical (unpaired) electrons. The average Bonchev–Trinajstić information content (AvgIpc) is 2.25. The van der Waals surface area contributed by atoms with Gasteiger partial charge in [-0.1, -0.05) is 40.0 Å². The van der Waals surface area contributed by atoms with Crippen LogP contribution in [0.2, 0.25) is 0 Å². The normalized spacial score (nSPS) is 12.0. The summed E-state index contributed by atoms with van der Waals surface area (Å²) in [6, 6.07) is 0. The third kappa shape index (κ3) is 6.78. The van der Waals surface area contributed by atoms with Gasteiger partial charge in [0.2, 0.25) is 0 Å². The molecule has 0 atom stereocenters. The van der Waals surface area contributed by atoms with Crippen LogP contribution in [0.25, 0.3) is 0 Å². The molecule has 0 fully saturated rings. The first-order valence-corrected chi connectivity index (χ1v) is 8.22. The molecule has 0 aromatic carbocycles. The van der Waals surface area contributed by atoms with E-state index in [1.807, 2.05) is 0 Å². The van der Waals surface area contributed by atoms with Gasteiger partial charge in [0.15, 0.2) is 0 Å². The van der Waals surface area contributed by atoms with Gasteiger partial charge in [-0.25, -0.2) is 0 Å². The van der Waals surface area contributed by atoms with Gasteiger partial charge in [-0.3, -0.25) is 0 Å². The van der Waals surface area contributed by atoms with E-state index in [1.165, 1.54) is 50.0 Å². The van der Waals surface area contributed by atoms with Crippen LogP contribution in [0.5, 0.6) is 0 Å². The highest BCUT2D eigenvalue weighted by Gasteiger charge is 2.26. The van der Waals surface area contributed by atoms with E-state index in [9.17, 15) is 0 Å². The molecule has 15 heavy (non-hydrogen) atoms. The van der Waals surface area contributed by atoms with Crippen LogP contribution in [0.15, 0.2) is 0 Å². The van der Waals surface area contributed by atoms with Gasteiger partial charge in [0.05, 0.1) is 0 Å². The molecule has 0 aliphatic heterocycles. The molecule has 0 amide bonds. The second-order valence-electron chi connectivity index (χ2n) is 4.56. The molecular weight excluding hydrogens is 220 g/mol. The Morgan fingerprint density at radius 3 is 2.00 bits per heavy atom. The minimum atomic E-state index is 0.519. The number of rotatable bonds is 10. The zero-order chi connectivity index (χ0) is 11.6. The largest absolute Gasteiger partial charge is 0.179 e. The van der Waals surface area contributed by atoms with E-state index in [0.717, 1.165) is 5.75 Å². The van der Waals surface area contributed by atoms with E-state index in [2.05, 4.69) is 45.2 Å². The van der Waals surface area contributed by atoms with Crippen molar-refractivity contribution >= 4 is 24.4 Å². The topological polar surface area (TPSA) is 0 Å². The van der Waals surface area contributed by atoms with E-state index >= 15 is 0 Å². The molecule has 0 aliphatic carbocycles. The maximum Gasteiger partial charge on any atom is -0.000300 e. The molecule has 0 aliphatic rings. The Balaban J connectivity index is 3.96. The predicted molar refractivity (Wildman–Crippen MR) is 78.3 cm³/mol. The lowest BCUT2D eigenvalue weighted by molar-refractivity contribution is 0.318. The van der Waals surface area contributed by atoms with Gasteiger partial charge in [0.1, 0.15) is 0 Å². The zero-order valence-corrected chi connectivity index (χ0v) is 12.4. The first kappa shape index (κ1) is 15.7. The summed E-state index contributed by atoms with van der Waals surface area (Å²) in [6.07, 6.45) is 7.99. The van der Waals surface area contributed by atoms with Crippen molar-refractivity contribution in [2.45, 2.75) is 59.3 Å². The van der Waals surface area contributed by atoms with Crippen LogP contribution in [0, 0.1) is 5.41 Å². The van der Waals surface area contributed by atoms with Gasteiger partial charge < -0.3 is 0 Å². The van der Waals surface area contributed by atoms with Crippen molar-refractivity contribution in [2.24, 2.45) is 5.41 Å². The summed E-state index contributed by atoms with van der Waals surface area (Å²) in [6.45, 7) is 6.86. The van der Waals surface area contributed by atoms with Gasteiger partial charge in [-0.2, -0.15) is 24.4 Å². The number of hydrogen-bond acceptors (Lipinski definition) is 2. The Bertz CT molecular complexity index is 128. The van der Waals surface area contributed by atoms with E-state index in [-0.39, 0.29) is 0 Å². The fraction of sp³-hybridized carbons (Fsp3) is 1.00. The van der Waals surface area contributed by atoms with E-state index in [4.69, 9.17) is 0 Å². The number of hydrogen-bond donors (Lipinski definition) is 1. The second-order valence-corrected chi connectivity index (χ2v) is 5.99. The molecule has 0 saturated carbocycles. The summed E-state index contributed by atoms with van der Waals surface area (Å²) in [5.74, 6) is 3.71. The molecule has 2 heteroatoms. The summed E-state index contributed by atoms with van der Waals surface area (Å²) >= 11 is 6.72. The standard InChI is InChI=1S/C13H28S2/c1-4-7-10-15-12-13(11-14,8-5-2)9-6-3/h14H,4-12H2,1-3H3. The minimum absolute atomic E-state index is 0.519. The maximum atomic E-state index is 4.58. The number of thioether (sulfide) groups is 1. The predicted octanol–water partition coefficient (Wildman–Crippen LogP) is 5.04. The zero-order valence-electron chi connectivity index (χ0n) is 10.7. The van der Waals surface area contributed by atoms with Crippen LogP contribution in [0.1, 0.15) is 59.3 Å². The average molecular weight is 249 g/mol. The van der Waals surface area contributed by atoms with Gasteiger partial charge in [-0.05, 0) is 41.9 Å². The maximum absolute atomic E-state index is 4.58. The van der Waals surface area contributed by atoms with Gasteiger partial charge >= 0.3 is 0 Å². The van der Waals surface area contributed by atoms with Gasteiger partial charge in [0.25, 0.3) is 0 Å². The Morgan fingerprint density at radius 1 is 1.00 bits per heavy atom. The van der Waals surface area contributed by atoms with Gasteiger partial charge in [-0.15, -0.1) is 0 Å². The molecule has 0 saturated heterocycles. The molecule has 0 N–H and O–H groups in total. The van der Waals surface area contributed by atoms with Crippen molar-refractivity contribution in [3.8, 4) is 0 Å². The van der Waals surface area contributed by atoms with Crippen LogP contribution in [0.3, 0.4) is 0 Å². The van der Waals surface area contributed by atoms with Gasteiger partial charge in [0, 0.05) is 0 Å². The molecule has 0 heterocycles. The smallest absolute Gasteiger partial charge is 0.000300 e. The van der Waals surface area contributed by atoms with Crippen molar-refractivity contribution < 1.29 is 0 Å². The fourth-order valence-corrected chi connectivity index (χ4v) is 4.11. The van der Waals surface area contributed by atoms with E-state index < -0.39 is 0 Å². The summed E-state index contributed by atoms with van der Waals surface area (Å²) in [5.41, 5.74) is 0.519. The Labute approximate surface area is 106 Å². The lowest BCUT2D eigenvalue weighted by Gasteiger charge is -2.31. The summed E-state index contributed by atoms with van der Waals surface area (Å²) < 4.78 is 0. The van der Waals surface area contributed by atoms with Crippen molar-refractivity contribution in [1.29, 1.82) is 0 Å². The highest BCUT2D eigenvalue weighted by Crippen LogP contribution is 2.35. The molecular formula is C13H28S2. The number of unbranched alkanes of at least 4 members (excludes halogenated alkanes) is 1. The second kappa shape index (κ2) is 9.89. The Kier molecular flexibility index (Phi) is 10.4. The third-order valence-electron chi connectivity index (χ3n) is 2.95. The van der Waals surface area contributed by atoms with Crippen molar-refractivity contribution in [2.75, 3.05) is 17.3 Å². The van der Waals surface area contributed by atoms with E-state index in [1.54, 1.807) is 0 Å². The fourth-order valence-electron chi connectivity index (χ4n) is 2.07. The summed E-state index contributed by atoms with van der Waals surface area (Å²) in [7, 11) is 0. The number of thiol groups is 1. The summed E-state index contributed by atoms with van der Waals surface area (Å²) in [4.78, 5) is 0. The molecule has 0 rings (SSSR count). The van der Waals surface area contributed by atoms with Crippen molar-refractivity contribution in [1.82, 2.24) is 0 Å². The van der Waals surface area contributed by atoms with Crippen molar-refractivity contribution in [3.63, 3.8) is 0 Å².